The minimum atomic E-state index is -4.29. The number of alkyl halides is 3. The van der Waals surface area contributed by atoms with E-state index in [4.69, 9.17) is 5.10 Å². The number of nitrogens with one attached hydrogen (secondary N) is 2. The normalized spacial score (nSPS) is 15.9. The Hall–Kier alpha value is -4.21. The molecule has 9 heteroatoms. The zero-order valence-electron chi connectivity index (χ0n) is 29.2. The first-order valence-electron chi connectivity index (χ1n) is 18.2. The Labute approximate surface area is 294 Å². The van der Waals surface area contributed by atoms with Crippen LogP contribution in [0.4, 0.5) is 13.2 Å². The van der Waals surface area contributed by atoms with Crippen LogP contribution in [0.15, 0.2) is 91.0 Å². The second-order valence-corrected chi connectivity index (χ2v) is 13.4. The van der Waals surface area contributed by atoms with Crippen molar-refractivity contribution in [3.8, 4) is 11.1 Å². The molecular formula is C41H49F3N6. The van der Waals surface area contributed by atoms with Crippen LogP contribution in [0, 0.1) is 0 Å². The van der Waals surface area contributed by atoms with E-state index in [2.05, 4.69) is 101 Å². The molecule has 0 bridgehead atoms. The van der Waals surface area contributed by atoms with Crippen molar-refractivity contribution in [2.24, 2.45) is 0 Å². The number of aryl methyl sites for hydroxylation is 2. The van der Waals surface area contributed by atoms with Crippen LogP contribution in [0.1, 0.15) is 90.8 Å². The molecule has 6 nitrogen and oxygen atoms in total. The number of halogens is 3. The Bertz CT molecular complexity index is 1780. The molecule has 264 valence electrons. The molecule has 0 aliphatic carbocycles. The fourth-order valence-electron chi connectivity index (χ4n) is 7.27. The maximum atomic E-state index is 12.6. The van der Waals surface area contributed by atoms with E-state index in [-0.39, 0.29) is 0 Å². The summed E-state index contributed by atoms with van der Waals surface area (Å²) < 4.78 is 42.2. The Kier molecular flexibility index (Phi) is 11.9. The number of nitrogens with zero attached hydrogens (tertiary/aromatic N) is 4. The van der Waals surface area contributed by atoms with E-state index in [1.54, 1.807) is 0 Å². The summed E-state index contributed by atoms with van der Waals surface area (Å²) >= 11 is 0. The first kappa shape index (κ1) is 35.6. The Morgan fingerprint density at radius 2 is 1.10 bits per heavy atom. The molecule has 50 heavy (non-hydrogen) atoms. The van der Waals surface area contributed by atoms with E-state index >= 15 is 0 Å². The highest BCUT2D eigenvalue weighted by atomic mass is 19.4. The lowest BCUT2D eigenvalue weighted by Gasteiger charge is -2.23. The third-order valence-corrected chi connectivity index (χ3v) is 9.92. The van der Waals surface area contributed by atoms with Crippen LogP contribution in [0.25, 0.3) is 11.1 Å². The Morgan fingerprint density at radius 1 is 0.600 bits per heavy atom. The number of benzene rings is 3. The molecule has 0 saturated carbocycles. The van der Waals surface area contributed by atoms with Gasteiger partial charge in [-0.3, -0.25) is 9.36 Å². The zero-order chi connectivity index (χ0) is 34.9. The summed E-state index contributed by atoms with van der Waals surface area (Å²) in [6.45, 7) is 10.3. The first-order chi connectivity index (χ1) is 24.3. The molecule has 2 aliphatic rings. The average Bonchev–Trinajstić information content (AvgIpc) is 3.76. The van der Waals surface area contributed by atoms with Crippen molar-refractivity contribution in [2.45, 2.75) is 83.5 Å². The topological polar surface area (TPSA) is 59.7 Å². The fraction of sp³-hybridized carbons (Fsp3) is 0.415. The molecule has 4 heterocycles. The van der Waals surface area contributed by atoms with Crippen molar-refractivity contribution in [2.75, 3.05) is 26.2 Å². The van der Waals surface area contributed by atoms with Crippen molar-refractivity contribution >= 4 is 0 Å². The second kappa shape index (κ2) is 16.7. The van der Waals surface area contributed by atoms with E-state index in [1.165, 1.54) is 58.7 Å². The summed E-state index contributed by atoms with van der Waals surface area (Å²) in [5.41, 5.74) is 8.88. The number of piperidine rings is 2. The van der Waals surface area contributed by atoms with Gasteiger partial charge in [-0.15, -0.1) is 0 Å². The molecule has 3 aromatic carbocycles. The Balaban J connectivity index is 0.000000174. The predicted molar refractivity (Wildman–Crippen MR) is 194 cm³/mol. The van der Waals surface area contributed by atoms with Gasteiger partial charge in [-0.25, -0.2) is 0 Å². The standard InChI is InChI=1S/C23H27N3.C18H22F3N3/c1-2-26-23(20-11-13-24-14-12-20)17-22(25-26)16-18-7-6-10-21(15-18)19-8-4-3-5-9-19;1-2-24-17(14-7-9-22-10-8-14)12-16(23-24)11-13-3-5-15(6-4-13)18(19,20)21/h3-10,15,17,20,24H,2,11-14,16H2,1H3;3-6,12,14,22H,2,7-11H2,1H3. The smallest absolute Gasteiger partial charge is 0.317 e. The lowest BCUT2D eigenvalue weighted by Crippen LogP contribution is -2.27. The molecule has 0 unspecified atom stereocenters. The highest BCUT2D eigenvalue weighted by Gasteiger charge is 2.30. The highest BCUT2D eigenvalue weighted by Crippen LogP contribution is 2.31. The SMILES string of the molecule is CCn1nc(Cc2ccc(C(F)(F)F)cc2)cc1C1CCNCC1.CCn1nc(Cc2cccc(-c3ccccc3)c2)cc1C1CCNCC1. The van der Waals surface area contributed by atoms with Crippen LogP contribution in [-0.4, -0.2) is 45.7 Å². The minimum Gasteiger partial charge on any atom is -0.317 e. The van der Waals surface area contributed by atoms with Gasteiger partial charge in [0.25, 0.3) is 0 Å². The number of aromatic nitrogens is 4. The van der Waals surface area contributed by atoms with Crippen molar-refractivity contribution in [3.05, 3.63) is 130 Å². The van der Waals surface area contributed by atoms with Crippen LogP contribution in [0.2, 0.25) is 0 Å². The summed E-state index contributed by atoms with van der Waals surface area (Å²) in [5.74, 6) is 1.16. The molecule has 0 atom stereocenters. The van der Waals surface area contributed by atoms with E-state index in [9.17, 15) is 13.2 Å². The number of hydrogen-bond donors (Lipinski definition) is 2. The second-order valence-electron chi connectivity index (χ2n) is 13.4. The molecule has 2 aromatic heterocycles. The van der Waals surface area contributed by atoms with E-state index in [0.29, 0.717) is 18.3 Å². The van der Waals surface area contributed by atoms with Gasteiger partial charge in [0.1, 0.15) is 0 Å². The van der Waals surface area contributed by atoms with Gasteiger partial charge in [-0.2, -0.15) is 23.4 Å². The molecule has 0 spiro atoms. The summed E-state index contributed by atoms with van der Waals surface area (Å²) in [7, 11) is 0. The third-order valence-electron chi connectivity index (χ3n) is 9.92. The van der Waals surface area contributed by atoms with Crippen LogP contribution in [-0.2, 0) is 32.1 Å². The van der Waals surface area contributed by atoms with E-state index in [1.807, 2.05) is 4.68 Å². The van der Waals surface area contributed by atoms with Gasteiger partial charge >= 0.3 is 6.18 Å². The molecule has 2 saturated heterocycles. The maximum Gasteiger partial charge on any atom is 0.416 e. The minimum absolute atomic E-state index is 0.514. The molecule has 7 rings (SSSR count). The van der Waals surface area contributed by atoms with Crippen molar-refractivity contribution < 1.29 is 13.2 Å². The number of hydrogen-bond acceptors (Lipinski definition) is 4. The van der Waals surface area contributed by atoms with Gasteiger partial charge in [0.2, 0.25) is 0 Å². The summed E-state index contributed by atoms with van der Waals surface area (Å²) in [6, 6.07) is 29.2. The fourth-order valence-corrected chi connectivity index (χ4v) is 7.27. The van der Waals surface area contributed by atoms with Crippen LogP contribution >= 0.6 is 0 Å². The van der Waals surface area contributed by atoms with Crippen molar-refractivity contribution in [3.63, 3.8) is 0 Å². The quantitative estimate of drug-likeness (QED) is 0.164. The molecular weight excluding hydrogens is 633 g/mol. The van der Waals surface area contributed by atoms with Gasteiger partial charge < -0.3 is 10.6 Å². The maximum absolute atomic E-state index is 12.6. The molecule has 2 N–H and O–H groups in total. The first-order valence-corrected chi connectivity index (χ1v) is 18.2. The molecule has 0 radical (unpaired) electrons. The molecule has 2 aliphatic heterocycles. The summed E-state index contributed by atoms with van der Waals surface area (Å²) in [5, 5.41) is 16.4. The van der Waals surface area contributed by atoms with Crippen molar-refractivity contribution in [1.82, 2.24) is 30.2 Å². The summed E-state index contributed by atoms with van der Waals surface area (Å²) in [4.78, 5) is 0. The van der Waals surface area contributed by atoms with E-state index in [0.717, 1.165) is 81.9 Å². The third kappa shape index (κ3) is 9.11. The Morgan fingerprint density at radius 3 is 1.60 bits per heavy atom. The van der Waals surface area contributed by atoms with Gasteiger partial charge in [-0.1, -0.05) is 66.7 Å². The largest absolute Gasteiger partial charge is 0.416 e. The van der Waals surface area contributed by atoms with Crippen LogP contribution in [0.5, 0.6) is 0 Å². The summed E-state index contributed by atoms with van der Waals surface area (Å²) in [6.07, 6.45) is 1.80. The van der Waals surface area contributed by atoms with Crippen LogP contribution < -0.4 is 10.6 Å². The van der Waals surface area contributed by atoms with Gasteiger partial charge in [0.15, 0.2) is 0 Å². The van der Waals surface area contributed by atoms with Gasteiger partial charge in [0, 0.05) is 49.2 Å². The molecule has 0 amide bonds. The number of rotatable bonds is 9. The van der Waals surface area contributed by atoms with Gasteiger partial charge in [0.05, 0.1) is 17.0 Å². The predicted octanol–water partition coefficient (Wildman–Crippen LogP) is 8.61. The molecule has 2 fully saturated rings. The van der Waals surface area contributed by atoms with E-state index < -0.39 is 11.7 Å². The highest BCUT2D eigenvalue weighted by molar-refractivity contribution is 5.64. The van der Waals surface area contributed by atoms with Crippen LogP contribution in [0.3, 0.4) is 0 Å². The zero-order valence-corrected chi connectivity index (χ0v) is 29.2. The average molecular weight is 683 g/mol. The monoisotopic (exact) mass is 682 g/mol. The van der Waals surface area contributed by atoms with Crippen molar-refractivity contribution in [1.29, 1.82) is 0 Å². The lowest BCUT2D eigenvalue weighted by atomic mass is 9.94. The van der Waals surface area contributed by atoms with Gasteiger partial charge in [-0.05, 0) is 112 Å². The lowest BCUT2D eigenvalue weighted by molar-refractivity contribution is -0.137. The molecule has 5 aromatic rings.